The lowest BCUT2D eigenvalue weighted by Crippen LogP contribution is -2.22. The molecule has 0 fully saturated rings. The van der Waals surface area contributed by atoms with Crippen molar-refractivity contribution in [2.45, 2.75) is 13.5 Å². The summed E-state index contributed by atoms with van der Waals surface area (Å²) in [6.45, 7) is 2.48. The number of rotatable bonds is 4. The molecule has 1 amide bonds. The van der Waals surface area contributed by atoms with Crippen LogP contribution < -0.4 is 16.4 Å². The largest absolute Gasteiger partial charge is 0.396 e. The maximum Gasteiger partial charge on any atom is 0.267 e. The Hall–Kier alpha value is -2.63. The van der Waals surface area contributed by atoms with Crippen LogP contribution in [0.5, 0.6) is 0 Å². The molecule has 4 N–H and O–H groups in total. The number of primary amides is 1. The van der Waals surface area contributed by atoms with Crippen LogP contribution in [0.1, 0.15) is 21.9 Å². The van der Waals surface area contributed by atoms with E-state index in [1.54, 1.807) is 6.07 Å². The number of aromatic nitrogens is 2. The first-order valence-corrected chi connectivity index (χ1v) is 6.17. The average molecular weight is 271 g/mol. The molecule has 2 rings (SSSR count). The molecule has 6 nitrogen and oxygen atoms in total. The highest BCUT2D eigenvalue weighted by Crippen LogP contribution is 2.21. The van der Waals surface area contributed by atoms with Crippen molar-refractivity contribution in [2.24, 2.45) is 5.73 Å². The lowest BCUT2D eigenvalue weighted by atomic mass is 10.2. The number of pyridine rings is 2. The summed E-state index contributed by atoms with van der Waals surface area (Å²) in [6, 6.07) is 8.95. The van der Waals surface area contributed by atoms with Crippen LogP contribution >= 0.6 is 0 Å². The number of carbonyl (C=O) groups is 1. The van der Waals surface area contributed by atoms with Gasteiger partial charge in [-0.1, -0.05) is 6.07 Å². The minimum Gasteiger partial charge on any atom is -0.396 e. The van der Waals surface area contributed by atoms with E-state index < -0.39 is 5.91 Å². The topological polar surface area (TPSA) is 98.1 Å². The summed E-state index contributed by atoms with van der Waals surface area (Å²) in [5, 5.41) is 0. The predicted molar refractivity (Wildman–Crippen MR) is 78.2 cm³/mol. The number of anilines is 2. The number of carbonyl (C=O) groups excluding carboxylic acids is 1. The van der Waals surface area contributed by atoms with E-state index in [2.05, 4.69) is 9.97 Å². The molecule has 0 unspecified atom stereocenters. The van der Waals surface area contributed by atoms with Gasteiger partial charge < -0.3 is 16.4 Å². The molecular formula is C14H17N5O. The Morgan fingerprint density at radius 1 is 1.25 bits per heavy atom. The van der Waals surface area contributed by atoms with Crippen molar-refractivity contribution < 1.29 is 4.79 Å². The van der Waals surface area contributed by atoms with Crippen LogP contribution in [0.25, 0.3) is 0 Å². The summed E-state index contributed by atoms with van der Waals surface area (Å²) in [5.74, 6) is -0.0575. The smallest absolute Gasteiger partial charge is 0.267 e. The Bertz CT molecular complexity index is 641. The Labute approximate surface area is 117 Å². The van der Waals surface area contributed by atoms with E-state index in [4.69, 9.17) is 11.5 Å². The Balaban J connectivity index is 2.26. The van der Waals surface area contributed by atoms with Crippen molar-refractivity contribution in [1.29, 1.82) is 0 Å². The molecule has 0 aromatic carbocycles. The molecule has 104 valence electrons. The number of nitrogens with zero attached hydrogens (tertiary/aromatic N) is 3. The highest BCUT2D eigenvalue weighted by molar-refractivity contribution is 5.91. The van der Waals surface area contributed by atoms with Crippen LogP contribution in [0.4, 0.5) is 11.5 Å². The number of amides is 1. The molecule has 6 heteroatoms. The van der Waals surface area contributed by atoms with Crippen molar-refractivity contribution in [1.82, 2.24) is 9.97 Å². The molecule has 0 atom stereocenters. The van der Waals surface area contributed by atoms with Gasteiger partial charge in [0.2, 0.25) is 0 Å². The molecule has 0 radical (unpaired) electrons. The van der Waals surface area contributed by atoms with Gasteiger partial charge in [0.15, 0.2) is 5.82 Å². The van der Waals surface area contributed by atoms with Crippen molar-refractivity contribution in [3.05, 3.63) is 47.4 Å². The lowest BCUT2D eigenvalue weighted by Gasteiger charge is -2.20. The van der Waals surface area contributed by atoms with Crippen LogP contribution in [0, 0.1) is 6.92 Å². The molecule has 2 heterocycles. The zero-order chi connectivity index (χ0) is 14.7. The van der Waals surface area contributed by atoms with Crippen LogP contribution in [-0.2, 0) is 6.54 Å². The number of hydrogen-bond acceptors (Lipinski definition) is 5. The third-order valence-corrected chi connectivity index (χ3v) is 2.86. The summed E-state index contributed by atoms with van der Waals surface area (Å²) in [5.41, 5.74) is 13.7. The minimum absolute atomic E-state index is 0.193. The first-order chi connectivity index (χ1) is 9.47. The maximum atomic E-state index is 11.2. The van der Waals surface area contributed by atoms with Gasteiger partial charge in [0.05, 0.1) is 17.9 Å². The molecule has 0 aliphatic heterocycles. The van der Waals surface area contributed by atoms with E-state index in [9.17, 15) is 4.79 Å². The van der Waals surface area contributed by atoms with Crippen molar-refractivity contribution >= 4 is 17.4 Å². The first-order valence-electron chi connectivity index (χ1n) is 6.17. The third-order valence-electron chi connectivity index (χ3n) is 2.86. The van der Waals surface area contributed by atoms with Gasteiger partial charge in [0, 0.05) is 12.7 Å². The fourth-order valence-corrected chi connectivity index (χ4v) is 1.91. The summed E-state index contributed by atoms with van der Waals surface area (Å²) < 4.78 is 0. The molecular weight excluding hydrogens is 254 g/mol. The zero-order valence-corrected chi connectivity index (χ0v) is 11.5. The van der Waals surface area contributed by atoms with Crippen molar-refractivity contribution in [3.63, 3.8) is 0 Å². The van der Waals surface area contributed by atoms with Gasteiger partial charge in [-0.25, -0.2) is 4.98 Å². The highest BCUT2D eigenvalue weighted by atomic mass is 16.1. The molecule has 0 saturated heterocycles. The third kappa shape index (κ3) is 3.03. The quantitative estimate of drug-likeness (QED) is 0.867. The molecule has 2 aromatic heterocycles. The molecule has 20 heavy (non-hydrogen) atoms. The van der Waals surface area contributed by atoms with E-state index in [1.165, 1.54) is 6.07 Å². The van der Waals surface area contributed by atoms with Crippen LogP contribution in [-0.4, -0.2) is 22.9 Å². The van der Waals surface area contributed by atoms with Gasteiger partial charge in [-0.05, 0) is 31.2 Å². The van der Waals surface area contributed by atoms with E-state index in [-0.39, 0.29) is 5.69 Å². The fraction of sp³-hybridized carbons (Fsp3) is 0.214. The number of nitrogen functional groups attached to an aromatic ring is 1. The fourth-order valence-electron chi connectivity index (χ4n) is 1.91. The van der Waals surface area contributed by atoms with E-state index in [0.717, 1.165) is 11.4 Å². The SMILES string of the molecule is Cc1cccc(CN(C)c2nc(C(N)=O)ccc2N)n1. The summed E-state index contributed by atoms with van der Waals surface area (Å²) in [7, 11) is 1.84. The Kier molecular flexibility index (Phi) is 3.84. The number of hydrogen-bond donors (Lipinski definition) is 2. The van der Waals surface area contributed by atoms with Gasteiger partial charge in [0.1, 0.15) is 5.69 Å². The maximum absolute atomic E-state index is 11.2. The second kappa shape index (κ2) is 5.56. The Morgan fingerprint density at radius 3 is 2.65 bits per heavy atom. The van der Waals surface area contributed by atoms with Crippen molar-refractivity contribution in [3.8, 4) is 0 Å². The van der Waals surface area contributed by atoms with Gasteiger partial charge in [-0.15, -0.1) is 0 Å². The van der Waals surface area contributed by atoms with E-state index in [1.807, 2.05) is 37.1 Å². The number of nitrogens with two attached hydrogens (primary N) is 2. The molecule has 0 bridgehead atoms. The summed E-state index contributed by atoms with van der Waals surface area (Å²) in [6.07, 6.45) is 0. The van der Waals surface area contributed by atoms with Crippen LogP contribution in [0.3, 0.4) is 0 Å². The van der Waals surface area contributed by atoms with E-state index >= 15 is 0 Å². The van der Waals surface area contributed by atoms with Crippen molar-refractivity contribution in [2.75, 3.05) is 17.7 Å². The molecule has 2 aromatic rings. The zero-order valence-electron chi connectivity index (χ0n) is 11.5. The molecule has 0 aliphatic carbocycles. The molecule has 0 spiro atoms. The van der Waals surface area contributed by atoms with Crippen LogP contribution in [0.15, 0.2) is 30.3 Å². The predicted octanol–water partition coefficient (Wildman–Crippen LogP) is 1.10. The van der Waals surface area contributed by atoms with Gasteiger partial charge in [-0.2, -0.15) is 0 Å². The standard InChI is InChI=1S/C14H17N5O/c1-9-4-3-5-10(17-9)8-19(2)14-11(15)6-7-12(18-14)13(16)20/h3-7H,8,15H2,1-2H3,(H2,16,20). The van der Waals surface area contributed by atoms with E-state index in [0.29, 0.717) is 18.1 Å². The van der Waals surface area contributed by atoms with Gasteiger partial charge >= 0.3 is 0 Å². The molecule has 0 aliphatic rings. The van der Waals surface area contributed by atoms with Gasteiger partial charge in [0.25, 0.3) is 5.91 Å². The normalized spacial score (nSPS) is 10.3. The number of aryl methyl sites for hydroxylation is 1. The highest BCUT2D eigenvalue weighted by Gasteiger charge is 2.12. The second-order valence-corrected chi connectivity index (χ2v) is 4.60. The molecule has 0 saturated carbocycles. The minimum atomic E-state index is -0.576. The average Bonchev–Trinajstić information content (AvgIpc) is 2.38. The van der Waals surface area contributed by atoms with Crippen LogP contribution in [0.2, 0.25) is 0 Å². The first kappa shape index (κ1) is 13.8. The second-order valence-electron chi connectivity index (χ2n) is 4.60. The van der Waals surface area contributed by atoms with Gasteiger partial charge in [-0.3, -0.25) is 9.78 Å². The lowest BCUT2D eigenvalue weighted by molar-refractivity contribution is 0.0995. The Morgan fingerprint density at radius 2 is 2.00 bits per heavy atom. The monoisotopic (exact) mass is 271 g/mol. The summed E-state index contributed by atoms with van der Waals surface area (Å²) in [4.78, 5) is 21.6. The summed E-state index contributed by atoms with van der Waals surface area (Å²) >= 11 is 0.